The lowest BCUT2D eigenvalue weighted by atomic mass is 9.95. The van der Waals surface area contributed by atoms with Gasteiger partial charge in [0.05, 0.1) is 5.41 Å². The second-order valence-corrected chi connectivity index (χ2v) is 4.73. The maximum Gasteiger partial charge on any atom is 0.215 e. The zero-order valence-corrected chi connectivity index (χ0v) is 9.92. The Labute approximate surface area is 99.1 Å². The molecule has 1 aromatic heterocycles. The summed E-state index contributed by atoms with van der Waals surface area (Å²) in [4.78, 5) is 4.44. The third-order valence-corrected chi connectivity index (χ3v) is 3.66. The molecule has 82 valence electrons. The predicted octanol–water partition coefficient (Wildman–Crippen LogP) is 2.56. The minimum atomic E-state index is 0.0933. The Morgan fingerprint density at radius 1 is 1.31 bits per heavy atom. The summed E-state index contributed by atoms with van der Waals surface area (Å²) in [5, 5.41) is 3.25. The monoisotopic (exact) mass is 231 g/mol. The van der Waals surface area contributed by atoms with Crippen LogP contribution in [0, 0.1) is 4.77 Å². The highest BCUT2D eigenvalue weighted by atomic mass is 32.1. The molecule has 1 fully saturated rings. The molecule has 0 aliphatic heterocycles. The molecule has 3 nitrogen and oxygen atoms in total. The molecule has 1 heterocycles. The highest BCUT2D eigenvalue weighted by Gasteiger charge is 2.48. The molecule has 16 heavy (non-hydrogen) atoms. The molecule has 0 radical (unpaired) electrons. The van der Waals surface area contributed by atoms with Crippen LogP contribution < -0.4 is 0 Å². The minimum Gasteiger partial charge on any atom is -0.283 e. The highest BCUT2D eigenvalue weighted by molar-refractivity contribution is 7.71. The summed E-state index contributed by atoms with van der Waals surface area (Å²) in [7, 11) is 1.90. The van der Waals surface area contributed by atoms with E-state index in [-0.39, 0.29) is 5.41 Å². The predicted molar refractivity (Wildman–Crippen MR) is 64.8 cm³/mol. The van der Waals surface area contributed by atoms with Gasteiger partial charge in [0.1, 0.15) is 5.82 Å². The molecule has 0 spiro atoms. The third-order valence-electron chi connectivity index (χ3n) is 3.30. The molecular formula is C12H13N3S. The molecule has 0 amide bonds. The van der Waals surface area contributed by atoms with Crippen LogP contribution in [0.3, 0.4) is 0 Å². The SMILES string of the molecule is Cn1[nH]c(C2(c3ccccc3)CC2)nc1=S. The number of nitrogens with one attached hydrogen (secondary N) is 1. The first-order valence-corrected chi connectivity index (χ1v) is 5.82. The van der Waals surface area contributed by atoms with Gasteiger partial charge in [-0.2, -0.15) is 0 Å². The number of aromatic amines is 1. The number of nitrogens with zero attached hydrogens (tertiary/aromatic N) is 2. The van der Waals surface area contributed by atoms with Gasteiger partial charge >= 0.3 is 0 Å². The number of aryl methyl sites for hydroxylation is 1. The van der Waals surface area contributed by atoms with Crippen LogP contribution in [0.5, 0.6) is 0 Å². The van der Waals surface area contributed by atoms with E-state index in [9.17, 15) is 0 Å². The van der Waals surface area contributed by atoms with Crippen LogP contribution in [-0.4, -0.2) is 14.8 Å². The van der Waals surface area contributed by atoms with Crippen molar-refractivity contribution in [2.75, 3.05) is 0 Å². The van der Waals surface area contributed by atoms with Crippen molar-refractivity contribution < 1.29 is 0 Å². The van der Waals surface area contributed by atoms with E-state index in [2.05, 4.69) is 34.3 Å². The van der Waals surface area contributed by atoms with Gasteiger partial charge in [0.25, 0.3) is 0 Å². The van der Waals surface area contributed by atoms with Crippen molar-refractivity contribution in [1.29, 1.82) is 0 Å². The van der Waals surface area contributed by atoms with Gasteiger partial charge in [0.2, 0.25) is 4.77 Å². The van der Waals surface area contributed by atoms with Gasteiger partial charge in [0, 0.05) is 7.05 Å². The normalized spacial score (nSPS) is 17.3. The first-order chi connectivity index (χ1) is 7.72. The molecule has 1 aromatic carbocycles. The molecule has 0 unspecified atom stereocenters. The van der Waals surface area contributed by atoms with E-state index in [1.165, 1.54) is 5.56 Å². The number of benzene rings is 1. The first kappa shape index (κ1) is 9.78. The minimum absolute atomic E-state index is 0.0933. The maximum atomic E-state index is 5.14. The Balaban J connectivity index is 2.10. The maximum absolute atomic E-state index is 5.14. The van der Waals surface area contributed by atoms with Gasteiger partial charge in [-0.05, 0) is 30.6 Å². The zero-order chi connectivity index (χ0) is 11.2. The molecule has 3 rings (SSSR count). The summed E-state index contributed by atoms with van der Waals surface area (Å²) < 4.78 is 2.42. The summed E-state index contributed by atoms with van der Waals surface area (Å²) in [5.74, 6) is 1.01. The molecule has 1 N–H and O–H groups in total. The van der Waals surface area contributed by atoms with Crippen molar-refractivity contribution in [2.24, 2.45) is 7.05 Å². The van der Waals surface area contributed by atoms with E-state index in [0.717, 1.165) is 18.7 Å². The van der Waals surface area contributed by atoms with E-state index in [1.807, 2.05) is 13.1 Å². The van der Waals surface area contributed by atoms with E-state index in [4.69, 9.17) is 12.2 Å². The van der Waals surface area contributed by atoms with Crippen LogP contribution in [0.15, 0.2) is 30.3 Å². The molecule has 0 saturated heterocycles. The number of aromatic nitrogens is 3. The second-order valence-electron chi connectivity index (χ2n) is 4.36. The molecule has 1 aliphatic carbocycles. The zero-order valence-electron chi connectivity index (χ0n) is 9.10. The number of hydrogen-bond donors (Lipinski definition) is 1. The molecule has 1 aliphatic rings. The van der Waals surface area contributed by atoms with E-state index < -0.39 is 0 Å². The first-order valence-electron chi connectivity index (χ1n) is 5.41. The molecule has 1 saturated carbocycles. The Hall–Kier alpha value is -1.42. The lowest BCUT2D eigenvalue weighted by Gasteiger charge is -2.11. The van der Waals surface area contributed by atoms with Crippen LogP contribution in [0.4, 0.5) is 0 Å². The van der Waals surface area contributed by atoms with E-state index in [1.54, 1.807) is 4.68 Å². The van der Waals surface area contributed by atoms with Gasteiger partial charge in [-0.1, -0.05) is 30.3 Å². The standard InChI is InChI=1S/C12H13N3S/c1-15-11(16)13-10(14-15)12(7-8-12)9-5-3-2-4-6-9/h2-6H,7-8H2,1H3,(H,13,14,16). The topological polar surface area (TPSA) is 33.6 Å². The highest BCUT2D eigenvalue weighted by Crippen LogP contribution is 2.51. The van der Waals surface area contributed by atoms with Crippen LogP contribution >= 0.6 is 12.2 Å². The second kappa shape index (κ2) is 3.28. The van der Waals surface area contributed by atoms with Crippen LogP contribution in [0.1, 0.15) is 24.2 Å². The molecular weight excluding hydrogens is 218 g/mol. The average Bonchev–Trinajstić information content (AvgIpc) is 3.04. The summed E-state index contributed by atoms with van der Waals surface area (Å²) >= 11 is 5.14. The van der Waals surface area contributed by atoms with Crippen LogP contribution in [0.2, 0.25) is 0 Å². The molecule has 0 atom stereocenters. The Bertz CT molecular complexity index is 563. The van der Waals surface area contributed by atoms with Crippen molar-refractivity contribution in [3.63, 3.8) is 0 Å². The van der Waals surface area contributed by atoms with Gasteiger partial charge in [0.15, 0.2) is 0 Å². The fourth-order valence-corrected chi connectivity index (χ4v) is 2.30. The lowest BCUT2D eigenvalue weighted by Crippen LogP contribution is -2.11. The number of H-pyrrole nitrogens is 1. The summed E-state index contributed by atoms with van der Waals surface area (Å²) in [6, 6.07) is 10.5. The van der Waals surface area contributed by atoms with E-state index >= 15 is 0 Å². The van der Waals surface area contributed by atoms with Crippen molar-refractivity contribution >= 4 is 12.2 Å². The molecule has 4 heteroatoms. The average molecular weight is 231 g/mol. The Morgan fingerprint density at radius 3 is 2.50 bits per heavy atom. The van der Waals surface area contributed by atoms with Crippen LogP contribution in [-0.2, 0) is 12.5 Å². The third kappa shape index (κ3) is 1.33. The largest absolute Gasteiger partial charge is 0.283 e. The van der Waals surface area contributed by atoms with Crippen LogP contribution in [0.25, 0.3) is 0 Å². The van der Waals surface area contributed by atoms with Crippen molar-refractivity contribution in [2.45, 2.75) is 18.3 Å². The quantitative estimate of drug-likeness (QED) is 0.806. The summed E-state index contributed by atoms with van der Waals surface area (Å²) in [5.41, 5.74) is 1.43. The summed E-state index contributed by atoms with van der Waals surface area (Å²) in [6.07, 6.45) is 2.30. The fourth-order valence-electron chi connectivity index (χ4n) is 2.16. The van der Waals surface area contributed by atoms with Gasteiger partial charge in [-0.3, -0.25) is 9.78 Å². The number of hydrogen-bond acceptors (Lipinski definition) is 2. The molecule has 0 bridgehead atoms. The van der Waals surface area contributed by atoms with Crippen molar-refractivity contribution in [3.05, 3.63) is 46.5 Å². The Kier molecular flexibility index (Phi) is 2.01. The number of rotatable bonds is 2. The van der Waals surface area contributed by atoms with Gasteiger partial charge < -0.3 is 0 Å². The Morgan fingerprint density at radius 2 is 2.00 bits per heavy atom. The fraction of sp³-hybridized carbons (Fsp3) is 0.333. The lowest BCUT2D eigenvalue weighted by molar-refractivity contribution is 0.696. The van der Waals surface area contributed by atoms with Gasteiger partial charge in [-0.15, -0.1) is 0 Å². The van der Waals surface area contributed by atoms with Crippen molar-refractivity contribution in [3.8, 4) is 0 Å². The smallest absolute Gasteiger partial charge is 0.215 e. The van der Waals surface area contributed by atoms with Gasteiger partial charge in [-0.25, -0.2) is 4.98 Å². The molecule has 2 aromatic rings. The summed E-state index contributed by atoms with van der Waals surface area (Å²) in [6.45, 7) is 0. The van der Waals surface area contributed by atoms with E-state index in [0.29, 0.717) is 4.77 Å². The van der Waals surface area contributed by atoms with Crippen molar-refractivity contribution in [1.82, 2.24) is 14.8 Å².